The van der Waals surface area contributed by atoms with Crippen LogP contribution in [0.4, 0.5) is 5.82 Å². The van der Waals surface area contributed by atoms with Crippen LogP contribution in [0.2, 0.25) is 0 Å². The monoisotopic (exact) mass is 305 g/mol. The largest absolute Gasteiger partial charge is 0.355 e. The van der Waals surface area contributed by atoms with Crippen LogP contribution in [-0.2, 0) is 0 Å². The van der Waals surface area contributed by atoms with Gasteiger partial charge in [-0.15, -0.1) is 10.2 Å². The van der Waals surface area contributed by atoms with E-state index in [9.17, 15) is 4.79 Å². The van der Waals surface area contributed by atoms with E-state index in [-0.39, 0.29) is 5.91 Å². The third kappa shape index (κ3) is 4.16. The molecule has 0 bridgehead atoms. The SMILES string of the molecule is CC(C)CC(C)(CN)NC(=O)c1ccc(N2CCCC2)nn1. The van der Waals surface area contributed by atoms with Crippen molar-refractivity contribution in [2.75, 3.05) is 24.5 Å². The molecule has 1 saturated heterocycles. The molecular weight excluding hydrogens is 278 g/mol. The number of rotatable bonds is 6. The van der Waals surface area contributed by atoms with E-state index in [0.717, 1.165) is 25.3 Å². The van der Waals surface area contributed by atoms with Gasteiger partial charge in [0, 0.05) is 19.6 Å². The van der Waals surface area contributed by atoms with Crippen LogP contribution < -0.4 is 16.0 Å². The number of carbonyl (C=O) groups excluding carboxylic acids is 1. The van der Waals surface area contributed by atoms with Crippen molar-refractivity contribution in [3.8, 4) is 0 Å². The molecule has 0 spiro atoms. The fraction of sp³-hybridized carbons (Fsp3) is 0.688. The lowest BCUT2D eigenvalue weighted by Crippen LogP contribution is -2.52. The fourth-order valence-corrected chi connectivity index (χ4v) is 2.99. The summed E-state index contributed by atoms with van der Waals surface area (Å²) in [4.78, 5) is 14.5. The quantitative estimate of drug-likeness (QED) is 0.833. The van der Waals surface area contributed by atoms with Gasteiger partial charge in [0.05, 0.1) is 5.54 Å². The zero-order chi connectivity index (χ0) is 16.2. The molecule has 6 nitrogen and oxygen atoms in total. The Morgan fingerprint density at radius 1 is 1.36 bits per heavy atom. The van der Waals surface area contributed by atoms with Gasteiger partial charge in [0.25, 0.3) is 5.91 Å². The smallest absolute Gasteiger partial charge is 0.272 e. The van der Waals surface area contributed by atoms with Crippen LogP contribution in [0.25, 0.3) is 0 Å². The lowest BCUT2D eigenvalue weighted by molar-refractivity contribution is 0.0892. The molecule has 0 saturated carbocycles. The molecule has 0 radical (unpaired) electrons. The van der Waals surface area contributed by atoms with Crippen LogP contribution >= 0.6 is 0 Å². The van der Waals surface area contributed by atoms with Gasteiger partial charge in [-0.3, -0.25) is 4.79 Å². The van der Waals surface area contributed by atoms with E-state index < -0.39 is 5.54 Å². The van der Waals surface area contributed by atoms with Crippen LogP contribution in [0.15, 0.2) is 12.1 Å². The minimum Gasteiger partial charge on any atom is -0.355 e. The Morgan fingerprint density at radius 2 is 2.05 bits per heavy atom. The highest BCUT2D eigenvalue weighted by Crippen LogP contribution is 2.18. The Morgan fingerprint density at radius 3 is 2.55 bits per heavy atom. The summed E-state index contributed by atoms with van der Waals surface area (Å²) < 4.78 is 0. The highest BCUT2D eigenvalue weighted by Gasteiger charge is 2.27. The predicted octanol–water partition coefficient (Wildman–Crippen LogP) is 1.57. The van der Waals surface area contributed by atoms with E-state index in [1.165, 1.54) is 12.8 Å². The summed E-state index contributed by atoms with van der Waals surface area (Å²) in [5, 5.41) is 11.3. The number of amides is 1. The van der Waals surface area contributed by atoms with Crippen LogP contribution in [-0.4, -0.2) is 41.3 Å². The number of hydrogen-bond donors (Lipinski definition) is 2. The molecule has 2 heterocycles. The van der Waals surface area contributed by atoms with Gasteiger partial charge in [-0.1, -0.05) is 13.8 Å². The lowest BCUT2D eigenvalue weighted by atomic mass is 9.90. The molecule has 1 aromatic heterocycles. The van der Waals surface area contributed by atoms with Gasteiger partial charge in [0.2, 0.25) is 0 Å². The Labute approximate surface area is 132 Å². The normalized spacial score (nSPS) is 17.6. The average molecular weight is 305 g/mol. The van der Waals surface area contributed by atoms with Gasteiger partial charge < -0.3 is 16.0 Å². The average Bonchev–Trinajstić information content (AvgIpc) is 3.00. The van der Waals surface area contributed by atoms with Gasteiger partial charge in [0.1, 0.15) is 0 Å². The predicted molar refractivity (Wildman–Crippen MR) is 87.9 cm³/mol. The standard InChI is InChI=1S/C16H27N5O/c1-12(2)10-16(3,11-17)18-15(22)13-6-7-14(20-19-13)21-8-4-5-9-21/h6-7,12H,4-5,8-11,17H2,1-3H3,(H,18,22). The van der Waals surface area contributed by atoms with E-state index in [1.54, 1.807) is 6.07 Å². The molecular formula is C16H27N5O. The van der Waals surface area contributed by atoms with Crippen molar-refractivity contribution in [3.05, 3.63) is 17.8 Å². The summed E-state index contributed by atoms with van der Waals surface area (Å²) in [6, 6.07) is 3.61. The van der Waals surface area contributed by atoms with Crippen LogP contribution in [0.1, 0.15) is 50.5 Å². The van der Waals surface area contributed by atoms with Crippen molar-refractivity contribution in [1.82, 2.24) is 15.5 Å². The second-order valence-corrected chi connectivity index (χ2v) is 6.79. The van der Waals surface area contributed by atoms with E-state index in [1.807, 2.05) is 13.0 Å². The first-order valence-electron chi connectivity index (χ1n) is 8.05. The number of carbonyl (C=O) groups is 1. The van der Waals surface area contributed by atoms with Gasteiger partial charge >= 0.3 is 0 Å². The highest BCUT2D eigenvalue weighted by molar-refractivity contribution is 5.92. The van der Waals surface area contributed by atoms with Gasteiger partial charge in [-0.05, 0) is 44.2 Å². The van der Waals surface area contributed by atoms with Crippen LogP contribution in [0.3, 0.4) is 0 Å². The van der Waals surface area contributed by atoms with Crippen molar-refractivity contribution in [2.45, 2.75) is 45.6 Å². The molecule has 1 aliphatic heterocycles. The first-order valence-corrected chi connectivity index (χ1v) is 8.05. The Bertz CT molecular complexity index is 496. The Balaban J connectivity index is 2.02. The third-order valence-electron chi connectivity index (χ3n) is 4.04. The summed E-state index contributed by atoms with van der Waals surface area (Å²) in [6.07, 6.45) is 3.20. The van der Waals surface area contributed by atoms with E-state index in [4.69, 9.17) is 5.73 Å². The molecule has 122 valence electrons. The molecule has 22 heavy (non-hydrogen) atoms. The molecule has 1 unspecified atom stereocenters. The summed E-state index contributed by atoms with van der Waals surface area (Å²) in [5.74, 6) is 1.09. The van der Waals surface area contributed by atoms with Gasteiger partial charge in [-0.25, -0.2) is 0 Å². The number of nitrogens with one attached hydrogen (secondary N) is 1. The van der Waals surface area contributed by atoms with Crippen LogP contribution in [0, 0.1) is 5.92 Å². The van der Waals surface area contributed by atoms with Crippen LogP contribution in [0.5, 0.6) is 0 Å². The van der Waals surface area contributed by atoms with Crippen molar-refractivity contribution in [2.24, 2.45) is 11.7 Å². The Hall–Kier alpha value is -1.69. The number of hydrogen-bond acceptors (Lipinski definition) is 5. The summed E-state index contributed by atoms with van der Waals surface area (Å²) >= 11 is 0. The number of anilines is 1. The molecule has 1 aliphatic rings. The lowest BCUT2D eigenvalue weighted by Gasteiger charge is -2.31. The first kappa shape index (κ1) is 16.7. The summed E-state index contributed by atoms with van der Waals surface area (Å²) in [6.45, 7) is 8.63. The maximum absolute atomic E-state index is 12.4. The molecule has 1 amide bonds. The van der Waals surface area contributed by atoms with Crippen molar-refractivity contribution in [3.63, 3.8) is 0 Å². The van der Waals surface area contributed by atoms with Crippen molar-refractivity contribution in [1.29, 1.82) is 0 Å². The molecule has 6 heteroatoms. The Kier molecular flexibility index (Phi) is 5.34. The van der Waals surface area contributed by atoms with E-state index >= 15 is 0 Å². The molecule has 1 aromatic rings. The highest BCUT2D eigenvalue weighted by atomic mass is 16.2. The van der Waals surface area contributed by atoms with E-state index in [2.05, 4.69) is 34.3 Å². The number of nitrogens with two attached hydrogens (primary N) is 1. The van der Waals surface area contributed by atoms with Crippen molar-refractivity contribution >= 4 is 11.7 Å². The molecule has 1 fully saturated rings. The zero-order valence-electron chi connectivity index (χ0n) is 13.8. The third-order valence-corrected chi connectivity index (χ3v) is 4.04. The second-order valence-electron chi connectivity index (χ2n) is 6.79. The van der Waals surface area contributed by atoms with Crippen molar-refractivity contribution < 1.29 is 4.79 Å². The molecule has 0 aromatic carbocycles. The number of nitrogens with zero attached hydrogens (tertiary/aromatic N) is 3. The summed E-state index contributed by atoms with van der Waals surface area (Å²) in [7, 11) is 0. The minimum absolute atomic E-state index is 0.214. The topological polar surface area (TPSA) is 84.1 Å². The van der Waals surface area contributed by atoms with E-state index in [0.29, 0.717) is 18.2 Å². The maximum atomic E-state index is 12.4. The molecule has 3 N–H and O–H groups in total. The molecule has 2 rings (SSSR count). The second kappa shape index (κ2) is 7.05. The maximum Gasteiger partial charge on any atom is 0.272 e. The van der Waals surface area contributed by atoms with Gasteiger partial charge in [-0.2, -0.15) is 0 Å². The minimum atomic E-state index is -0.416. The first-order chi connectivity index (χ1) is 10.4. The fourth-order valence-electron chi connectivity index (χ4n) is 2.99. The number of aromatic nitrogens is 2. The molecule has 1 atom stereocenters. The van der Waals surface area contributed by atoms with Gasteiger partial charge in [0.15, 0.2) is 11.5 Å². The zero-order valence-corrected chi connectivity index (χ0v) is 13.8. The summed E-state index contributed by atoms with van der Waals surface area (Å²) in [5.41, 5.74) is 5.75. The molecule has 0 aliphatic carbocycles.